The van der Waals surface area contributed by atoms with E-state index in [4.69, 9.17) is 9.47 Å². The molecular weight excluding hydrogens is 523 g/mol. The minimum atomic E-state index is -1.68. The third kappa shape index (κ3) is 6.76. The Bertz CT molecular complexity index is 1330. The van der Waals surface area contributed by atoms with Gasteiger partial charge >= 0.3 is 5.97 Å². The van der Waals surface area contributed by atoms with E-state index in [-0.39, 0.29) is 31.4 Å². The summed E-state index contributed by atoms with van der Waals surface area (Å²) in [7, 11) is 1.45. The summed E-state index contributed by atoms with van der Waals surface area (Å²) in [4.78, 5) is 17.7. The molecule has 1 aliphatic heterocycles. The zero-order valence-corrected chi connectivity index (χ0v) is 21.4. The SMILES string of the molecule is COc1ccc2ncc(F)c([C@@H](F)CCC3(CC(=O)O)CCN(CCOc4cc(F)cc(F)c4F)CC3)c2c1. The third-order valence-corrected chi connectivity index (χ3v) is 7.38. The number of fused-ring (bicyclic) bond motifs is 1. The molecule has 1 aliphatic rings. The Morgan fingerprint density at radius 1 is 1.13 bits per heavy atom. The summed E-state index contributed by atoms with van der Waals surface area (Å²) in [6.45, 7) is 1.23. The second kappa shape index (κ2) is 12.1. The van der Waals surface area contributed by atoms with Crippen LogP contribution < -0.4 is 9.47 Å². The summed E-state index contributed by atoms with van der Waals surface area (Å²) in [6, 6.07) is 6.00. The van der Waals surface area contributed by atoms with Crippen molar-refractivity contribution in [3.63, 3.8) is 0 Å². The van der Waals surface area contributed by atoms with Crippen LogP contribution >= 0.6 is 0 Å². The number of likely N-dealkylation sites (tertiary alicyclic amines) is 1. The van der Waals surface area contributed by atoms with E-state index in [1.54, 1.807) is 12.1 Å². The van der Waals surface area contributed by atoms with Gasteiger partial charge in [-0.1, -0.05) is 0 Å². The molecule has 11 heteroatoms. The summed E-state index contributed by atoms with van der Waals surface area (Å²) < 4.78 is 81.2. The van der Waals surface area contributed by atoms with Gasteiger partial charge in [0, 0.05) is 29.6 Å². The molecule has 1 saturated heterocycles. The number of piperidine rings is 1. The molecule has 2 heterocycles. The second-order valence-corrected chi connectivity index (χ2v) is 9.87. The number of carboxylic acid groups (broad SMARTS) is 1. The molecule has 6 nitrogen and oxygen atoms in total. The molecule has 0 radical (unpaired) electrons. The first-order valence-corrected chi connectivity index (χ1v) is 12.6. The standard InChI is InChI=1S/C28H29F5N2O4/c1-38-18-2-3-23-19(14-18)26(22(32)16-34-23)20(30)4-5-28(15-25(36)37)6-8-35(9-7-28)10-11-39-24-13-17(29)12-21(31)27(24)33/h2-3,12-14,16,20H,4-11,15H2,1H3,(H,36,37)/t20-/m0/s1. The number of rotatable bonds is 11. The first kappa shape index (κ1) is 28.5. The summed E-state index contributed by atoms with van der Waals surface area (Å²) in [5, 5.41) is 9.86. The maximum Gasteiger partial charge on any atom is 0.303 e. The van der Waals surface area contributed by atoms with Crippen molar-refractivity contribution in [1.29, 1.82) is 0 Å². The van der Waals surface area contributed by atoms with Crippen molar-refractivity contribution >= 4 is 16.9 Å². The van der Waals surface area contributed by atoms with Gasteiger partial charge in [0.05, 0.1) is 25.2 Å². The number of alkyl halides is 1. The highest BCUT2D eigenvalue weighted by molar-refractivity contribution is 5.84. The molecule has 1 N–H and O–H groups in total. The number of hydrogen-bond acceptors (Lipinski definition) is 5. The molecule has 0 saturated carbocycles. The minimum Gasteiger partial charge on any atom is -0.497 e. The van der Waals surface area contributed by atoms with E-state index in [0.717, 1.165) is 12.3 Å². The zero-order chi connectivity index (χ0) is 28.2. The quantitative estimate of drug-likeness (QED) is 0.225. The highest BCUT2D eigenvalue weighted by Crippen LogP contribution is 2.43. The van der Waals surface area contributed by atoms with Gasteiger partial charge in [-0.15, -0.1) is 0 Å². The van der Waals surface area contributed by atoms with Gasteiger partial charge in [0.25, 0.3) is 0 Å². The molecule has 0 unspecified atom stereocenters. The van der Waals surface area contributed by atoms with Crippen LogP contribution in [0.2, 0.25) is 0 Å². The molecule has 39 heavy (non-hydrogen) atoms. The lowest BCUT2D eigenvalue weighted by molar-refractivity contribution is -0.141. The Morgan fingerprint density at radius 3 is 2.56 bits per heavy atom. The first-order chi connectivity index (χ1) is 18.6. The van der Waals surface area contributed by atoms with Crippen molar-refractivity contribution < 1.29 is 41.3 Å². The van der Waals surface area contributed by atoms with Gasteiger partial charge in [0.1, 0.15) is 30.2 Å². The summed E-state index contributed by atoms with van der Waals surface area (Å²) >= 11 is 0. The number of aliphatic carboxylic acids is 1. The number of carboxylic acids is 1. The van der Waals surface area contributed by atoms with E-state index in [1.165, 1.54) is 13.2 Å². The van der Waals surface area contributed by atoms with E-state index in [0.29, 0.717) is 55.2 Å². The van der Waals surface area contributed by atoms with Gasteiger partial charge in [-0.25, -0.2) is 17.6 Å². The van der Waals surface area contributed by atoms with Crippen LogP contribution in [0.25, 0.3) is 10.9 Å². The normalized spacial score (nSPS) is 16.3. The van der Waals surface area contributed by atoms with Crippen molar-refractivity contribution in [2.24, 2.45) is 5.41 Å². The Labute approximate surface area is 222 Å². The van der Waals surface area contributed by atoms with Gasteiger partial charge in [0.15, 0.2) is 11.6 Å². The Kier molecular flexibility index (Phi) is 8.89. The van der Waals surface area contributed by atoms with Gasteiger partial charge in [-0.05, 0) is 62.4 Å². The largest absolute Gasteiger partial charge is 0.497 e. The van der Waals surface area contributed by atoms with Crippen molar-refractivity contribution in [3.05, 3.63) is 65.4 Å². The summed E-state index contributed by atoms with van der Waals surface area (Å²) in [6.07, 6.45) is 0.186. The number of pyridine rings is 1. The van der Waals surface area contributed by atoms with Crippen LogP contribution in [0.4, 0.5) is 22.0 Å². The second-order valence-electron chi connectivity index (χ2n) is 9.87. The average Bonchev–Trinajstić information content (AvgIpc) is 2.90. The van der Waals surface area contributed by atoms with Crippen molar-refractivity contribution in [3.8, 4) is 11.5 Å². The number of benzene rings is 2. The molecule has 1 fully saturated rings. The van der Waals surface area contributed by atoms with Gasteiger partial charge < -0.3 is 14.6 Å². The monoisotopic (exact) mass is 552 g/mol. The predicted molar refractivity (Wildman–Crippen MR) is 134 cm³/mol. The summed E-state index contributed by atoms with van der Waals surface area (Å²) in [5.41, 5.74) is -0.394. The first-order valence-electron chi connectivity index (χ1n) is 12.6. The van der Waals surface area contributed by atoms with Crippen LogP contribution in [0.1, 0.15) is 43.8 Å². The molecule has 0 bridgehead atoms. The smallest absolute Gasteiger partial charge is 0.303 e. The number of hydrogen-bond donors (Lipinski definition) is 1. The van der Waals surface area contributed by atoms with Crippen molar-refractivity contribution in [1.82, 2.24) is 9.88 Å². The van der Waals surface area contributed by atoms with Crippen LogP contribution in [0, 0.1) is 28.7 Å². The molecule has 1 atom stereocenters. The van der Waals surface area contributed by atoms with Crippen LogP contribution in [0.15, 0.2) is 36.5 Å². The van der Waals surface area contributed by atoms with Gasteiger partial charge in [0.2, 0.25) is 5.82 Å². The molecule has 3 aromatic rings. The van der Waals surface area contributed by atoms with Gasteiger partial charge in [-0.2, -0.15) is 4.39 Å². The number of carbonyl (C=O) groups is 1. The molecule has 4 rings (SSSR count). The fourth-order valence-electron chi connectivity index (χ4n) is 5.20. The maximum atomic E-state index is 15.6. The highest BCUT2D eigenvalue weighted by Gasteiger charge is 2.37. The maximum absolute atomic E-state index is 15.6. The fourth-order valence-corrected chi connectivity index (χ4v) is 5.20. The molecular formula is C28H29F5N2O4. The van der Waals surface area contributed by atoms with Crippen LogP contribution in [0.5, 0.6) is 11.5 Å². The zero-order valence-electron chi connectivity index (χ0n) is 21.4. The molecule has 2 aromatic carbocycles. The molecule has 0 spiro atoms. The molecule has 1 aromatic heterocycles. The van der Waals surface area contributed by atoms with E-state index in [9.17, 15) is 27.5 Å². The average molecular weight is 553 g/mol. The van der Waals surface area contributed by atoms with Crippen LogP contribution in [-0.4, -0.2) is 54.3 Å². The van der Waals surface area contributed by atoms with E-state index in [1.807, 2.05) is 4.90 Å². The number of aromatic nitrogens is 1. The Hall–Kier alpha value is -3.47. The molecule has 0 amide bonds. The van der Waals surface area contributed by atoms with Crippen molar-refractivity contribution in [2.45, 2.75) is 38.3 Å². The number of methoxy groups -OCH3 is 1. The lowest BCUT2D eigenvalue weighted by Gasteiger charge is -2.41. The van der Waals surface area contributed by atoms with Gasteiger partial charge in [-0.3, -0.25) is 14.7 Å². The molecule has 210 valence electrons. The lowest BCUT2D eigenvalue weighted by atomic mass is 9.71. The van der Waals surface area contributed by atoms with E-state index in [2.05, 4.69) is 4.98 Å². The van der Waals surface area contributed by atoms with E-state index < -0.39 is 46.6 Å². The predicted octanol–water partition coefficient (Wildman–Crippen LogP) is 6.23. The Morgan fingerprint density at radius 2 is 1.87 bits per heavy atom. The summed E-state index contributed by atoms with van der Waals surface area (Å²) in [5.74, 6) is -5.43. The van der Waals surface area contributed by atoms with E-state index >= 15 is 4.39 Å². The van der Waals surface area contributed by atoms with Crippen LogP contribution in [-0.2, 0) is 4.79 Å². The third-order valence-electron chi connectivity index (χ3n) is 7.38. The fraction of sp³-hybridized carbons (Fsp3) is 0.429. The number of nitrogens with zero attached hydrogens (tertiary/aromatic N) is 2. The molecule has 0 aliphatic carbocycles. The lowest BCUT2D eigenvalue weighted by Crippen LogP contribution is -2.42. The van der Waals surface area contributed by atoms with Crippen LogP contribution in [0.3, 0.4) is 0 Å². The Balaban J connectivity index is 1.39. The highest BCUT2D eigenvalue weighted by atomic mass is 19.2. The minimum absolute atomic E-state index is 0.0316. The van der Waals surface area contributed by atoms with Crippen molar-refractivity contribution in [2.75, 3.05) is 33.4 Å². The number of ether oxygens (including phenoxy) is 2. The topological polar surface area (TPSA) is 71.9 Å². The number of halogens is 5.